The van der Waals surface area contributed by atoms with Crippen molar-refractivity contribution in [1.82, 2.24) is 0 Å². The number of carbonyl (C=O) groups excluding carboxylic acids is 2. The van der Waals surface area contributed by atoms with E-state index in [0.29, 0.717) is 39.8 Å². The number of anilines is 1. The molecule has 0 spiro atoms. The van der Waals surface area contributed by atoms with Crippen LogP contribution in [0.25, 0.3) is 5.57 Å². The second-order valence-corrected chi connectivity index (χ2v) is 7.95. The van der Waals surface area contributed by atoms with Gasteiger partial charge in [-0.05, 0) is 56.4 Å². The average Bonchev–Trinajstić information content (AvgIpc) is 2.93. The lowest BCUT2D eigenvalue weighted by molar-refractivity contribution is -0.119. The Bertz CT molecular complexity index is 934. The molecule has 152 valence electrons. The van der Waals surface area contributed by atoms with E-state index < -0.39 is 0 Å². The molecule has 29 heavy (non-hydrogen) atoms. The van der Waals surface area contributed by atoms with Gasteiger partial charge in [0.1, 0.15) is 11.5 Å². The number of carbonyl (C=O) groups is 2. The predicted octanol–water partition coefficient (Wildman–Crippen LogP) is 4.91. The van der Waals surface area contributed by atoms with Crippen LogP contribution in [-0.4, -0.2) is 30.3 Å². The molecule has 1 heterocycles. The lowest BCUT2D eigenvalue weighted by Gasteiger charge is -2.18. The topological polar surface area (TPSA) is 55.8 Å². The van der Waals surface area contributed by atoms with Crippen molar-refractivity contribution >= 4 is 34.8 Å². The van der Waals surface area contributed by atoms with E-state index in [0.717, 1.165) is 5.75 Å². The highest BCUT2D eigenvalue weighted by atomic mass is 32.2. The summed E-state index contributed by atoms with van der Waals surface area (Å²) in [6.07, 6.45) is 0.0616. The average molecular weight is 412 g/mol. The highest BCUT2D eigenvalue weighted by Gasteiger charge is 2.41. The van der Waals surface area contributed by atoms with Crippen molar-refractivity contribution in [3.63, 3.8) is 0 Å². The smallest absolute Gasteiger partial charge is 0.272 e. The van der Waals surface area contributed by atoms with Gasteiger partial charge in [0.25, 0.3) is 11.8 Å². The van der Waals surface area contributed by atoms with Gasteiger partial charge in [-0.25, -0.2) is 4.90 Å². The molecule has 0 aromatic heterocycles. The van der Waals surface area contributed by atoms with Gasteiger partial charge in [-0.1, -0.05) is 31.2 Å². The molecular weight excluding hydrogens is 386 g/mol. The fourth-order valence-corrected chi connectivity index (χ4v) is 4.01. The van der Waals surface area contributed by atoms with Gasteiger partial charge >= 0.3 is 0 Å². The van der Waals surface area contributed by atoms with E-state index in [1.807, 2.05) is 58.0 Å². The third-order valence-electron chi connectivity index (χ3n) is 4.25. The fourth-order valence-electron chi connectivity index (χ4n) is 3.15. The second-order valence-electron chi connectivity index (χ2n) is 6.67. The quantitative estimate of drug-likeness (QED) is 0.578. The Hall–Kier alpha value is -2.73. The van der Waals surface area contributed by atoms with Crippen molar-refractivity contribution in [2.24, 2.45) is 0 Å². The lowest BCUT2D eigenvalue weighted by atomic mass is 10.1. The normalized spacial score (nSPS) is 14.2. The van der Waals surface area contributed by atoms with Crippen molar-refractivity contribution in [3.05, 3.63) is 59.0 Å². The summed E-state index contributed by atoms with van der Waals surface area (Å²) < 4.78 is 11.3. The van der Waals surface area contributed by atoms with Crippen LogP contribution in [0.1, 0.15) is 33.3 Å². The van der Waals surface area contributed by atoms with Gasteiger partial charge in [0.05, 0.1) is 28.9 Å². The molecule has 1 aliphatic rings. The third kappa shape index (κ3) is 4.32. The zero-order chi connectivity index (χ0) is 21.0. The minimum Gasteiger partial charge on any atom is -0.492 e. The number of ether oxygens (including phenoxy) is 2. The van der Waals surface area contributed by atoms with E-state index in [9.17, 15) is 9.59 Å². The number of imide groups is 1. The fraction of sp³-hybridized carbons (Fsp3) is 0.304. The van der Waals surface area contributed by atoms with Crippen LogP contribution in [0, 0.1) is 0 Å². The van der Waals surface area contributed by atoms with Gasteiger partial charge in [-0.2, -0.15) is 0 Å². The van der Waals surface area contributed by atoms with Crippen molar-refractivity contribution in [2.45, 2.75) is 33.8 Å². The van der Waals surface area contributed by atoms with E-state index in [2.05, 4.69) is 0 Å². The Morgan fingerprint density at radius 2 is 1.66 bits per heavy atom. The van der Waals surface area contributed by atoms with E-state index in [4.69, 9.17) is 9.47 Å². The van der Waals surface area contributed by atoms with Gasteiger partial charge in [0.15, 0.2) is 0 Å². The van der Waals surface area contributed by atoms with E-state index in [1.165, 1.54) is 16.7 Å². The SMILES string of the molecule is CCOc1ccccc1N1C(=O)C(SCC)=C(c2ccc(OC(C)C)cc2)C1=O. The summed E-state index contributed by atoms with van der Waals surface area (Å²) in [4.78, 5) is 28.3. The number of para-hydroxylation sites is 2. The van der Waals surface area contributed by atoms with E-state index in [1.54, 1.807) is 18.2 Å². The first-order valence-electron chi connectivity index (χ1n) is 9.72. The molecule has 0 unspecified atom stereocenters. The Kier molecular flexibility index (Phi) is 6.64. The number of hydrogen-bond acceptors (Lipinski definition) is 5. The van der Waals surface area contributed by atoms with Crippen molar-refractivity contribution in [1.29, 1.82) is 0 Å². The van der Waals surface area contributed by atoms with Gasteiger partial charge in [-0.3, -0.25) is 9.59 Å². The van der Waals surface area contributed by atoms with Crippen LogP contribution < -0.4 is 14.4 Å². The number of thioether (sulfide) groups is 1. The number of nitrogens with zero attached hydrogens (tertiary/aromatic N) is 1. The molecule has 0 fully saturated rings. The van der Waals surface area contributed by atoms with E-state index >= 15 is 0 Å². The monoisotopic (exact) mass is 411 g/mol. The molecule has 0 bridgehead atoms. The molecule has 6 heteroatoms. The molecule has 0 saturated heterocycles. The predicted molar refractivity (Wildman–Crippen MR) is 117 cm³/mol. The summed E-state index contributed by atoms with van der Waals surface area (Å²) in [6, 6.07) is 14.4. The van der Waals surface area contributed by atoms with Crippen LogP contribution in [0.15, 0.2) is 53.4 Å². The second kappa shape index (κ2) is 9.18. The van der Waals surface area contributed by atoms with Crippen LogP contribution in [0.2, 0.25) is 0 Å². The van der Waals surface area contributed by atoms with Crippen LogP contribution in [-0.2, 0) is 9.59 Å². The van der Waals surface area contributed by atoms with Crippen LogP contribution in [0.5, 0.6) is 11.5 Å². The zero-order valence-corrected chi connectivity index (χ0v) is 17.9. The maximum atomic E-state index is 13.4. The molecule has 0 atom stereocenters. The largest absolute Gasteiger partial charge is 0.492 e. The first-order valence-corrected chi connectivity index (χ1v) is 10.7. The number of benzene rings is 2. The Morgan fingerprint density at radius 1 is 0.966 bits per heavy atom. The summed E-state index contributed by atoms with van der Waals surface area (Å²) in [5, 5.41) is 0. The van der Waals surface area contributed by atoms with Crippen LogP contribution >= 0.6 is 11.8 Å². The highest BCUT2D eigenvalue weighted by Crippen LogP contribution is 2.41. The third-order valence-corrected chi connectivity index (χ3v) is 5.21. The first-order chi connectivity index (χ1) is 14.0. The van der Waals surface area contributed by atoms with Crippen molar-refractivity contribution < 1.29 is 19.1 Å². The molecule has 5 nitrogen and oxygen atoms in total. The maximum absolute atomic E-state index is 13.4. The molecule has 0 aliphatic carbocycles. The van der Waals surface area contributed by atoms with E-state index in [-0.39, 0.29) is 17.9 Å². The standard InChI is InChI=1S/C23H25NO4S/c1-5-27-19-10-8-7-9-18(19)24-22(25)20(21(23(24)26)29-6-2)16-11-13-17(14-12-16)28-15(3)4/h7-15H,5-6H2,1-4H3. The van der Waals surface area contributed by atoms with Crippen molar-refractivity contribution in [3.8, 4) is 11.5 Å². The number of hydrogen-bond donors (Lipinski definition) is 0. The summed E-state index contributed by atoms with van der Waals surface area (Å²) in [5.74, 6) is 1.28. The molecule has 0 radical (unpaired) electrons. The Labute approximate surface area is 175 Å². The summed E-state index contributed by atoms with van der Waals surface area (Å²) in [7, 11) is 0. The van der Waals surface area contributed by atoms with Crippen molar-refractivity contribution in [2.75, 3.05) is 17.3 Å². The van der Waals surface area contributed by atoms with Crippen LogP contribution in [0.4, 0.5) is 5.69 Å². The van der Waals surface area contributed by atoms with Gasteiger partial charge in [-0.15, -0.1) is 11.8 Å². The molecular formula is C23H25NO4S. The highest BCUT2D eigenvalue weighted by molar-refractivity contribution is 8.04. The number of amides is 2. The molecule has 3 rings (SSSR count). The molecule has 0 N–H and O–H groups in total. The van der Waals surface area contributed by atoms with Gasteiger partial charge < -0.3 is 9.47 Å². The Morgan fingerprint density at radius 3 is 2.28 bits per heavy atom. The molecule has 2 aromatic rings. The van der Waals surface area contributed by atoms with Gasteiger partial charge in [0.2, 0.25) is 0 Å². The zero-order valence-electron chi connectivity index (χ0n) is 17.1. The first kappa shape index (κ1) is 21.0. The lowest BCUT2D eigenvalue weighted by Crippen LogP contribution is -2.31. The minimum atomic E-state index is -0.337. The number of rotatable bonds is 8. The Balaban J connectivity index is 2.02. The molecule has 2 aromatic carbocycles. The summed E-state index contributed by atoms with van der Waals surface area (Å²) >= 11 is 1.38. The maximum Gasteiger partial charge on any atom is 0.272 e. The molecule has 2 amide bonds. The summed E-state index contributed by atoms with van der Waals surface area (Å²) in [5.41, 5.74) is 1.59. The summed E-state index contributed by atoms with van der Waals surface area (Å²) in [6.45, 7) is 8.19. The van der Waals surface area contributed by atoms with Crippen LogP contribution in [0.3, 0.4) is 0 Å². The minimum absolute atomic E-state index is 0.0616. The molecule has 1 aliphatic heterocycles. The van der Waals surface area contributed by atoms with Gasteiger partial charge in [0, 0.05) is 0 Å². The molecule has 0 saturated carbocycles.